The Morgan fingerprint density at radius 2 is 1.95 bits per heavy atom. The Kier molecular flexibility index (Phi) is 5.43. The molecule has 0 aromatic heterocycles. The SMILES string of the molecule is NC(=O)OC(Cc1ccc([N+](=O)[O-])cc1)C(=O)CBr. The quantitative estimate of drug-likeness (QED) is 0.483. The van der Waals surface area contributed by atoms with E-state index in [-0.39, 0.29) is 23.2 Å². The van der Waals surface area contributed by atoms with Gasteiger partial charge in [0, 0.05) is 18.6 Å². The third kappa shape index (κ3) is 4.66. The standard InChI is InChI=1S/C11H11BrN2O5/c12-6-9(15)10(19-11(13)16)5-7-1-3-8(4-2-7)14(17)18/h1-4,10H,5-6H2,(H2,13,16). The highest BCUT2D eigenvalue weighted by Gasteiger charge is 2.21. The first-order valence-corrected chi connectivity index (χ1v) is 6.34. The second-order valence-electron chi connectivity index (χ2n) is 3.65. The van der Waals surface area contributed by atoms with Crippen molar-refractivity contribution in [2.45, 2.75) is 12.5 Å². The highest BCUT2D eigenvalue weighted by atomic mass is 79.9. The maximum absolute atomic E-state index is 11.5. The molecule has 0 saturated carbocycles. The molecule has 1 aromatic rings. The summed E-state index contributed by atoms with van der Waals surface area (Å²) in [5.41, 5.74) is 5.46. The zero-order chi connectivity index (χ0) is 14.4. The van der Waals surface area contributed by atoms with Crippen molar-refractivity contribution in [2.75, 3.05) is 5.33 Å². The van der Waals surface area contributed by atoms with Crippen LogP contribution in [-0.4, -0.2) is 28.2 Å². The monoisotopic (exact) mass is 330 g/mol. The van der Waals surface area contributed by atoms with Crippen molar-refractivity contribution in [2.24, 2.45) is 5.73 Å². The maximum atomic E-state index is 11.5. The molecule has 7 nitrogen and oxygen atoms in total. The van der Waals surface area contributed by atoms with E-state index >= 15 is 0 Å². The average Bonchev–Trinajstić information content (AvgIpc) is 2.37. The van der Waals surface area contributed by atoms with Crippen LogP contribution < -0.4 is 5.73 Å². The van der Waals surface area contributed by atoms with Crippen LogP contribution >= 0.6 is 15.9 Å². The minimum atomic E-state index is -1.04. The molecule has 0 aliphatic heterocycles. The van der Waals surface area contributed by atoms with E-state index in [9.17, 15) is 19.7 Å². The number of carbonyl (C=O) groups is 2. The summed E-state index contributed by atoms with van der Waals surface area (Å²) in [5, 5.41) is 10.5. The zero-order valence-electron chi connectivity index (χ0n) is 9.74. The number of benzene rings is 1. The van der Waals surface area contributed by atoms with E-state index in [4.69, 9.17) is 10.5 Å². The van der Waals surface area contributed by atoms with Gasteiger partial charge in [-0.1, -0.05) is 28.1 Å². The molecule has 102 valence electrons. The van der Waals surface area contributed by atoms with Crippen LogP contribution in [-0.2, 0) is 16.0 Å². The van der Waals surface area contributed by atoms with Crippen molar-refractivity contribution in [3.63, 3.8) is 0 Å². The summed E-state index contributed by atoms with van der Waals surface area (Å²) in [4.78, 5) is 32.2. The fourth-order valence-corrected chi connectivity index (χ4v) is 1.78. The molecule has 0 saturated heterocycles. The number of amides is 1. The number of hydrogen-bond donors (Lipinski definition) is 1. The van der Waals surface area contributed by atoms with E-state index in [1.54, 1.807) is 0 Å². The smallest absolute Gasteiger partial charge is 0.405 e. The predicted molar refractivity (Wildman–Crippen MR) is 70.1 cm³/mol. The Bertz CT molecular complexity index is 488. The fraction of sp³-hybridized carbons (Fsp3) is 0.273. The molecule has 2 N–H and O–H groups in total. The van der Waals surface area contributed by atoms with Gasteiger partial charge in [-0.15, -0.1) is 0 Å². The van der Waals surface area contributed by atoms with Crippen LogP contribution in [0.1, 0.15) is 5.56 Å². The predicted octanol–water partition coefficient (Wildman–Crippen LogP) is 1.57. The molecule has 0 aliphatic carbocycles. The van der Waals surface area contributed by atoms with Crippen LogP contribution in [0.25, 0.3) is 0 Å². The van der Waals surface area contributed by atoms with Crippen molar-refractivity contribution in [1.29, 1.82) is 0 Å². The highest BCUT2D eigenvalue weighted by Crippen LogP contribution is 2.14. The molecule has 1 aromatic carbocycles. The van der Waals surface area contributed by atoms with Crippen LogP contribution in [0.5, 0.6) is 0 Å². The van der Waals surface area contributed by atoms with Gasteiger partial charge in [-0.05, 0) is 5.56 Å². The number of primary amides is 1. The lowest BCUT2D eigenvalue weighted by Gasteiger charge is -2.14. The number of ketones is 1. The molecule has 1 unspecified atom stereocenters. The lowest BCUT2D eigenvalue weighted by atomic mass is 10.1. The number of nitrogens with two attached hydrogens (primary N) is 1. The Morgan fingerprint density at radius 1 is 1.37 bits per heavy atom. The number of nitro benzene ring substituents is 1. The number of ether oxygens (including phenoxy) is 1. The molecule has 0 spiro atoms. The Morgan fingerprint density at radius 3 is 2.37 bits per heavy atom. The summed E-state index contributed by atoms with van der Waals surface area (Å²) in [6.45, 7) is 0. The number of nitrogens with zero attached hydrogens (tertiary/aromatic N) is 1. The number of carbonyl (C=O) groups excluding carboxylic acids is 2. The largest absolute Gasteiger partial charge is 0.438 e. The molecule has 19 heavy (non-hydrogen) atoms. The summed E-state index contributed by atoms with van der Waals surface area (Å²) in [7, 11) is 0. The Balaban J connectivity index is 2.81. The number of rotatable bonds is 6. The number of Topliss-reactive ketones (excluding diaryl/α,β-unsaturated/α-hetero) is 1. The van der Waals surface area contributed by atoms with Gasteiger partial charge < -0.3 is 10.5 Å². The van der Waals surface area contributed by atoms with E-state index < -0.39 is 17.1 Å². The molecule has 8 heteroatoms. The molecule has 0 heterocycles. The van der Waals surface area contributed by atoms with Crippen LogP contribution in [0, 0.1) is 10.1 Å². The third-order valence-electron chi connectivity index (χ3n) is 2.32. The van der Waals surface area contributed by atoms with E-state index in [1.165, 1.54) is 24.3 Å². The highest BCUT2D eigenvalue weighted by molar-refractivity contribution is 9.09. The Hall–Kier alpha value is -1.96. The van der Waals surface area contributed by atoms with Gasteiger partial charge in [0.15, 0.2) is 11.9 Å². The van der Waals surface area contributed by atoms with Gasteiger partial charge in [0.1, 0.15) is 0 Å². The van der Waals surface area contributed by atoms with Crippen molar-refractivity contribution < 1.29 is 19.2 Å². The Labute approximate surface area is 117 Å². The average molecular weight is 331 g/mol. The van der Waals surface area contributed by atoms with Crippen molar-refractivity contribution in [3.05, 3.63) is 39.9 Å². The molecular weight excluding hydrogens is 320 g/mol. The van der Waals surface area contributed by atoms with Crippen molar-refractivity contribution in [1.82, 2.24) is 0 Å². The van der Waals surface area contributed by atoms with Crippen molar-refractivity contribution >= 4 is 33.5 Å². The van der Waals surface area contributed by atoms with Gasteiger partial charge in [-0.2, -0.15) is 0 Å². The van der Waals surface area contributed by atoms with Crippen molar-refractivity contribution in [3.8, 4) is 0 Å². The van der Waals surface area contributed by atoms with E-state index in [0.29, 0.717) is 5.56 Å². The molecule has 0 bridgehead atoms. The third-order valence-corrected chi connectivity index (χ3v) is 2.87. The molecule has 1 rings (SSSR count). The molecule has 0 radical (unpaired) electrons. The first kappa shape index (κ1) is 15.1. The maximum Gasteiger partial charge on any atom is 0.405 e. The minimum absolute atomic E-state index is 0.0257. The number of alkyl halides is 1. The van der Waals surface area contributed by atoms with Gasteiger partial charge in [0.05, 0.1) is 10.3 Å². The molecule has 0 fully saturated rings. The van der Waals surface area contributed by atoms with Gasteiger partial charge in [0.2, 0.25) is 0 Å². The minimum Gasteiger partial charge on any atom is -0.438 e. The number of non-ortho nitro benzene ring substituents is 1. The van der Waals surface area contributed by atoms with E-state index in [2.05, 4.69) is 15.9 Å². The number of nitro groups is 1. The zero-order valence-corrected chi connectivity index (χ0v) is 11.3. The second kappa shape index (κ2) is 6.83. The first-order chi connectivity index (χ1) is 8.93. The van der Waals surface area contributed by atoms with Crippen LogP contribution in [0.4, 0.5) is 10.5 Å². The normalized spacial score (nSPS) is 11.6. The van der Waals surface area contributed by atoms with Gasteiger partial charge in [-0.25, -0.2) is 4.79 Å². The number of hydrogen-bond acceptors (Lipinski definition) is 5. The molecule has 0 aliphatic rings. The van der Waals surface area contributed by atoms with E-state index in [1.807, 2.05) is 0 Å². The number of halogens is 1. The molecule has 1 atom stereocenters. The summed E-state index contributed by atoms with van der Waals surface area (Å²) < 4.78 is 4.71. The molecular formula is C11H11BrN2O5. The van der Waals surface area contributed by atoms with Crippen LogP contribution in [0.3, 0.4) is 0 Å². The summed E-state index contributed by atoms with van der Waals surface area (Å²) >= 11 is 2.98. The first-order valence-electron chi connectivity index (χ1n) is 5.22. The van der Waals surface area contributed by atoms with Gasteiger partial charge in [-0.3, -0.25) is 14.9 Å². The van der Waals surface area contributed by atoms with Gasteiger partial charge in [0.25, 0.3) is 5.69 Å². The fourth-order valence-electron chi connectivity index (χ4n) is 1.42. The molecule has 1 amide bonds. The topological polar surface area (TPSA) is 113 Å². The summed E-state index contributed by atoms with van der Waals surface area (Å²) in [6, 6.07) is 5.62. The second-order valence-corrected chi connectivity index (χ2v) is 4.21. The summed E-state index contributed by atoms with van der Waals surface area (Å²) in [6.07, 6.45) is -1.93. The lowest BCUT2D eigenvalue weighted by Crippen LogP contribution is -2.32. The lowest BCUT2D eigenvalue weighted by molar-refractivity contribution is -0.384. The van der Waals surface area contributed by atoms with E-state index in [0.717, 1.165) is 0 Å². The van der Waals surface area contributed by atoms with Crippen LogP contribution in [0.2, 0.25) is 0 Å². The van der Waals surface area contributed by atoms with Crippen LogP contribution in [0.15, 0.2) is 24.3 Å². The summed E-state index contributed by atoms with van der Waals surface area (Å²) in [5.74, 6) is -0.336. The van der Waals surface area contributed by atoms with Gasteiger partial charge >= 0.3 is 6.09 Å².